The minimum absolute atomic E-state index is 0.0179. The monoisotopic (exact) mass is 265 g/mol. The van der Waals surface area contributed by atoms with E-state index in [0.29, 0.717) is 18.7 Å². The van der Waals surface area contributed by atoms with E-state index in [9.17, 15) is 4.79 Å². The summed E-state index contributed by atoms with van der Waals surface area (Å²) >= 11 is 0. The third-order valence-electron chi connectivity index (χ3n) is 2.99. The van der Waals surface area contributed by atoms with Gasteiger partial charge in [0.05, 0.1) is 5.56 Å². The molecule has 0 saturated carbocycles. The number of nitrogens with one attached hydrogen (secondary N) is 2. The maximum Gasteiger partial charge on any atom is 0.252 e. The van der Waals surface area contributed by atoms with E-state index in [1.54, 1.807) is 32.5 Å². The van der Waals surface area contributed by atoms with Crippen LogP contribution in [0.3, 0.4) is 0 Å². The number of aromatic nitrogens is 1. The van der Waals surface area contributed by atoms with E-state index in [1.165, 1.54) is 0 Å². The lowest BCUT2D eigenvalue weighted by atomic mass is 9.89. The van der Waals surface area contributed by atoms with Gasteiger partial charge >= 0.3 is 0 Å². The van der Waals surface area contributed by atoms with Crippen molar-refractivity contribution in [3.8, 4) is 0 Å². The maximum absolute atomic E-state index is 12.0. The van der Waals surface area contributed by atoms with Crippen molar-refractivity contribution in [2.45, 2.75) is 20.3 Å². The molecule has 1 aromatic rings. The first-order valence-corrected chi connectivity index (χ1v) is 6.39. The number of ether oxygens (including phenoxy) is 1. The molecule has 0 bridgehead atoms. The first kappa shape index (κ1) is 15.4. The number of nitrogens with zero attached hydrogens (tertiary/aromatic N) is 1. The molecule has 19 heavy (non-hydrogen) atoms. The number of pyridine rings is 1. The second-order valence-corrected chi connectivity index (χ2v) is 5.27. The Morgan fingerprint density at radius 2 is 2.16 bits per heavy atom. The summed E-state index contributed by atoms with van der Waals surface area (Å²) < 4.78 is 5.07. The zero-order valence-electron chi connectivity index (χ0n) is 12.1. The second-order valence-electron chi connectivity index (χ2n) is 5.27. The van der Waals surface area contributed by atoms with Crippen LogP contribution in [0, 0.1) is 5.41 Å². The molecule has 2 N–H and O–H groups in total. The molecule has 1 aromatic heterocycles. The van der Waals surface area contributed by atoms with Gasteiger partial charge in [0.2, 0.25) is 0 Å². The van der Waals surface area contributed by atoms with Gasteiger partial charge in [0.25, 0.3) is 5.91 Å². The number of anilines is 1. The van der Waals surface area contributed by atoms with Gasteiger partial charge in [0, 0.05) is 33.5 Å². The molecule has 0 aliphatic rings. The number of amides is 1. The molecule has 106 valence electrons. The summed E-state index contributed by atoms with van der Waals surface area (Å²) in [5, 5.41) is 5.85. The fourth-order valence-electron chi connectivity index (χ4n) is 1.56. The lowest BCUT2D eigenvalue weighted by molar-refractivity contribution is 0.0920. The molecular weight excluding hydrogens is 242 g/mol. The number of hydrogen-bond donors (Lipinski definition) is 2. The highest BCUT2D eigenvalue weighted by Crippen LogP contribution is 2.18. The largest absolute Gasteiger partial charge is 0.385 e. The first-order chi connectivity index (χ1) is 8.98. The molecule has 0 aliphatic heterocycles. The van der Waals surface area contributed by atoms with Gasteiger partial charge in [0.1, 0.15) is 5.82 Å². The van der Waals surface area contributed by atoms with E-state index in [2.05, 4.69) is 29.5 Å². The third kappa shape index (κ3) is 5.26. The molecule has 1 rings (SSSR count). The van der Waals surface area contributed by atoms with Crippen molar-refractivity contribution in [1.29, 1.82) is 0 Å². The van der Waals surface area contributed by atoms with E-state index in [0.717, 1.165) is 12.2 Å². The van der Waals surface area contributed by atoms with E-state index in [4.69, 9.17) is 4.74 Å². The van der Waals surface area contributed by atoms with E-state index in [-0.39, 0.29) is 11.3 Å². The highest BCUT2D eigenvalue weighted by molar-refractivity contribution is 5.94. The molecule has 5 nitrogen and oxygen atoms in total. The van der Waals surface area contributed by atoms with Crippen molar-refractivity contribution in [3.05, 3.63) is 23.9 Å². The van der Waals surface area contributed by atoms with Crippen molar-refractivity contribution >= 4 is 11.7 Å². The van der Waals surface area contributed by atoms with Crippen LogP contribution in [0.15, 0.2) is 18.3 Å². The number of methoxy groups -OCH3 is 1. The van der Waals surface area contributed by atoms with Crippen molar-refractivity contribution in [2.24, 2.45) is 5.41 Å². The molecule has 0 atom stereocenters. The normalized spacial score (nSPS) is 11.2. The summed E-state index contributed by atoms with van der Waals surface area (Å²) in [6.07, 6.45) is 2.48. The fourth-order valence-corrected chi connectivity index (χ4v) is 1.56. The minimum Gasteiger partial charge on any atom is -0.385 e. The van der Waals surface area contributed by atoms with Crippen molar-refractivity contribution in [3.63, 3.8) is 0 Å². The summed E-state index contributed by atoms with van der Waals surface area (Å²) in [5.74, 6) is 0.651. The molecule has 0 spiro atoms. The van der Waals surface area contributed by atoms with Gasteiger partial charge in [-0.05, 0) is 24.0 Å². The standard InChI is InChI=1S/C14H23N3O2/c1-14(2,7-8-19-4)10-17-13(18)11-5-6-12(15-3)16-9-11/h5-6,9H,7-8,10H2,1-4H3,(H,15,16)(H,17,18). The predicted octanol–water partition coefficient (Wildman–Crippen LogP) is 1.92. The molecule has 0 saturated heterocycles. The van der Waals surface area contributed by atoms with Crippen LogP contribution in [0.2, 0.25) is 0 Å². The van der Waals surface area contributed by atoms with Crippen molar-refractivity contribution in [2.75, 3.05) is 32.6 Å². The molecule has 1 heterocycles. The van der Waals surface area contributed by atoms with Gasteiger partial charge in [-0.15, -0.1) is 0 Å². The summed E-state index contributed by atoms with van der Waals surface area (Å²) in [6.45, 7) is 5.52. The Hall–Kier alpha value is -1.62. The van der Waals surface area contributed by atoms with Gasteiger partial charge in [-0.1, -0.05) is 13.8 Å². The Kier molecular flexibility index (Phi) is 5.76. The quantitative estimate of drug-likeness (QED) is 0.790. The number of rotatable bonds is 7. The Bertz CT molecular complexity index is 402. The van der Waals surface area contributed by atoms with E-state index >= 15 is 0 Å². The lowest BCUT2D eigenvalue weighted by Crippen LogP contribution is -2.34. The number of carbonyl (C=O) groups is 1. The summed E-state index contributed by atoms with van der Waals surface area (Å²) in [4.78, 5) is 16.1. The average Bonchev–Trinajstić information content (AvgIpc) is 2.43. The summed E-state index contributed by atoms with van der Waals surface area (Å²) in [6, 6.07) is 3.54. The zero-order valence-corrected chi connectivity index (χ0v) is 12.1. The van der Waals surface area contributed by atoms with E-state index < -0.39 is 0 Å². The van der Waals surface area contributed by atoms with Gasteiger partial charge in [-0.3, -0.25) is 4.79 Å². The highest BCUT2D eigenvalue weighted by Gasteiger charge is 2.19. The topological polar surface area (TPSA) is 63.2 Å². The average molecular weight is 265 g/mol. The Morgan fingerprint density at radius 3 is 2.68 bits per heavy atom. The molecule has 1 amide bonds. The van der Waals surface area contributed by atoms with Crippen molar-refractivity contribution in [1.82, 2.24) is 10.3 Å². The van der Waals surface area contributed by atoms with Gasteiger partial charge in [0.15, 0.2) is 0 Å². The van der Waals surface area contributed by atoms with E-state index in [1.807, 2.05) is 0 Å². The zero-order chi connectivity index (χ0) is 14.3. The maximum atomic E-state index is 12.0. The van der Waals surface area contributed by atoms with Gasteiger partial charge in [-0.25, -0.2) is 4.98 Å². The third-order valence-corrected chi connectivity index (χ3v) is 2.99. The fraction of sp³-hybridized carbons (Fsp3) is 0.571. The molecular formula is C14H23N3O2. The minimum atomic E-state index is -0.0966. The Labute approximate surface area is 114 Å². The molecule has 5 heteroatoms. The van der Waals surface area contributed by atoms with Crippen LogP contribution in [0.1, 0.15) is 30.6 Å². The Balaban J connectivity index is 2.50. The lowest BCUT2D eigenvalue weighted by Gasteiger charge is -2.24. The van der Waals surface area contributed by atoms with Crippen LogP contribution in [0.5, 0.6) is 0 Å². The van der Waals surface area contributed by atoms with Gasteiger partial charge in [-0.2, -0.15) is 0 Å². The van der Waals surface area contributed by atoms with Crippen LogP contribution in [0.25, 0.3) is 0 Å². The summed E-state index contributed by atoms with van der Waals surface area (Å²) in [7, 11) is 3.48. The highest BCUT2D eigenvalue weighted by atomic mass is 16.5. The second kappa shape index (κ2) is 7.09. The van der Waals surface area contributed by atoms with Crippen molar-refractivity contribution < 1.29 is 9.53 Å². The molecule has 0 fully saturated rings. The van der Waals surface area contributed by atoms with Crippen LogP contribution in [-0.2, 0) is 4.74 Å². The number of hydrogen-bond acceptors (Lipinski definition) is 4. The van der Waals surface area contributed by atoms with Crippen LogP contribution in [-0.4, -0.2) is 38.2 Å². The molecule has 0 aliphatic carbocycles. The smallest absolute Gasteiger partial charge is 0.252 e. The SMILES string of the molecule is CNc1ccc(C(=O)NCC(C)(C)CCOC)cn1. The van der Waals surface area contributed by atoms with Crippen LogP contribution < -0.4 is 10.6 Å². The first-order valence-electron chi connectivity index (χ1n) is 6.39. The van der Waals surface area contributed by atoms with Crippen LogP contribution in [0.4, 0.5) is 5.82 Å². The Morgan fingerprint density at radius 1 is 1.42 bits per heavy atom. The molecule has 0 radical (unpaired) electrons. The summed E-state index contributed by atoms with van der Waals surface area (Å²) in [5.41, 5.74) is 0.589. The molecule has 0 aromatic carbocycles. The predicted molar refractivity (Wildman–Crippen MR) is 76.4 cm³/mol. The van der Waals surface area contributed by atoms with Crippen LogP contribution >= 0.6 is 0 Å². The molecule has 0 unspecified atom stereocenters. The number of carbonyl (C=O) groups excluding carboxylic acids is 1. The van der Waals surface area contributed by atoms with Gasteiger partial charge < -0.3 is 15.4 Å².